The van der Waals surface area contributed by atoms with Crippen molar-refractivity contribution in [1.29, 1.82) is 0 Å². The molecule has 1 atom stereocenters. The van der Waals surface area contributed by atoms with Crippen molar-refractivity contribution in [3.05, 3.63) is 35.9 Å². The van der Waals surface area contributed by atoms with Gasteiger partial charge < -0.3 is 9.80 Å². The van der Waals surface area contributed by atoms with Gasteiger partial charge in [-0.1, -0.05) is 49.6 Å². The van der Waals surface area contributed by atoms with Gasteiger partial charge in [-0.25, -0.2) is 0 Å². The molecule has 0 aromatic heterocycles. The lowest BCUT2D eigenvalue weighted by Gasteiger charge is -2.31. The third-order valence-corrected chi connectivity index (χ3v) is 5.16. The van der Waals surface area contributed by atoms with Crippen molar-refractivity contribution in [2.75, 3.05) is 13.6 Å². The van der Waals surface area contributed by atoms with E-state index in [4.69, 9.17) is 0 Å². The SMILES string of the molecule is CN(Cc1ccccc1)C(=O)[C@@H]1CC(=O)N(C2CCCCC2)C1. The summed E-state index contributed by atoms with van der Waals surface area (Å²) in [5.41, 5.74) is 1.12. The summed E-state index contributed by atoms with van der Waals surface area (Å²) in [6, 6.07) is 10.4. The van der Waals surface area contributed by atoms with E-state index in [9.17, 15) is 9.59 Å². The minimum Gasteiger partial charge on any atom is -0.341 e. The highest BCUT2D eigenvalue weighted by atomic mass is 16.2. The number of nitrogens with zero attached hydrogens (tertiary/aromatic N) is 2. The molecule has 1 aliphatic heterocycles. The summed E-state index contributed by atoms with van der Waals surface area (Å²) in [6.45, 7) is 1.22. The molecule has 1 aromatic carbocycles. The molecule has 3 rings (SSSR count). The van der Waals surface area contributed by atoms with E-state index in [1.165, 1.54) is 19.3 Å². The van der Waals surface area contributed by atoms with Gasteiger partial charge in [-0.3, -0.25) is 9.59 Å². The maximum atomic E-state index is 12.7. The van der Waals surface area contributed by atoms with Crippen molar-refractivity contribution in [3.63, 3.8) is 0 Å². The minimum atomic E-state index is -0.168. The number of rotatable bonds is 4. The molecule has 4 heteroatoms. The molecule has 1 heterocycles. The van der Waals surface area contributed by atoms with E-state index in [1.807, 2.05) is 42.3 Å². The summed E-state index contributed by atoms with van der Waals surface area (Å²) in [5, 5.41) is 0. The van der Waals surface area contributed by atoms with Crippen LogP contribution in [0.3, 0.4) is 0 Å². The van der Waals surface area contributed by atoms with E-state index in [0.717, 1.165) is 18.4 Å². The second-order valence-corrected chi connectivity index (χ2v) is 6.92. The Hall–Kier alpha value is -1.84. The number of carbonyl (C=O) groups excluding carboxylic acids is 2. The molecule has 124 valence electrons. The summed E-state index contributed by atoms with van der Waals surface area (Å²) in [5.74, 6) is 0.0991. The summed E-state index contributed by atoms with van der Waals surface area (Å²) >= 11 is 0. The Morgan fingerprint density at radius 2 is 1.87 bits per heavy atom. The number of amides is 2. The zero-order valence-electron chi connectivity index (χ0n) is 13.9. The highest BCUT2D eigenvalue weighted by Gasteiger charge is 2.39. The summed E-state index contributed by atoms with van der Waals surface area (Å²) in [6.07, 6.45) is 6.29. The molecule has 4 nitrogen and oxygen atoms in total. The molecule has 1 saturated heterocycles. The van der Waals surface area contributed by atoms with Gasteiger partial charge in [0.2, 0.25) is 11.8 Å². The molecule has 1 aliphatic carbocycles. The van der Waals surface area contributed by atoms with E-state index in [0.29, 0.717) is 25.6 Å². The summed E-state index contributed by atoms with van der Waals surface area (Å²) in [7, 11) is 1.84. The van der Waals surface area contributed by atoms with Crippen LogP contribution in [0.15, 0.2) is 30.3 Å². The van der Waals surface area contributed by atoms with E-state index in [1.54, 1.807) is 4.90 Å². The first kappa shape index (κ1) is 16.0. The lowest BCUT2D eigenvalue weighted by atomic mass is 9.94. The Bertz CT molecular complexity index is 552. The first-order valence-corrected chi connectivity index (χ1v) is 8.73. The van der Waals surface area contributed by atoms with Crippen LogP contribution in [-0.2, 0) is 16.1 Å². The number of benzene rings is 1. The molecule has 2 amide bonds. The van der Waals surface area contributed by atoms with Gasteiger partial charge in [-0.2, -0.15) is 0 Å². The minimum absolute atomic E-state index is 0.0977. The topological polar surface area (TPSA) is 40.6 Å². The molecular weight excluding hydrogens is 288 g/mol. The van der Waals surface area contributed by atoms with Crippen LogP contribution in [-0.4, -0.2) is 41.2 Å². The van der Waals surface area contributed by atoms with Gasteiger partial charge in [-0.15, -0.1) is 0 Å². The summed E-state index contributed by atoms with van der Waals surface area (Å²) in [4.78, 5) is 28.7. The van der Waals surface area contributed by atoms with Gasteiger partial charge in [0, 0.05) is 32.6 Å². The van der Waals surface area contributed by atoms with Crippen LogP contribution in [0.2, 0.25) is 0 Å². The van der Waals surface area contributed by atoms with Crippen molar-refractivity contribution >= 4 is 11.8 Å². The maximum Gasteiger partial charge on any atom is 0.228 e. The highest BCUT2D eigenvalue weighted by molar-refractivity contribution is 5.89. The van der Waals surface area contributed by atoms with E-state index < -0.39 is 0 Å². The first-order chi connectivity index (χ1) is 11.1. The Balaban J connectivity index is 1.58. The molecule has 23 heavy (non-hydrogen) atoms. The quantitative estimate of drug-likeness (QED) is 0.857. The first-order valence-electron chi connectivity index (χ1n) is 8.73. The van der Waals surface area contributed by atoms with Crippen LogP contribution in [0.5, 0.6) is 0 Å². The largest absolute Gasteiger partial charge is 0.341 e. The van der Waals surface area contributed by atoms with Crippen LogP contribution in [0.4, 0.5) is 0 Å². The Morgan fingerprint density at radius 3 is 2.57 bits per heavy atom. The fraction of sp³-hybridized carbons (Fsp3) is 0.579. The molecule has 0 N–H and O–H groups in total. The molecule has 0 radical (unpaired) electrons. The van der Waals surface area contributed by atoms with Crippen LogP contribution < -0.4 is 0 Å². The zero-order valence-corrected chi connectivity index (χ0v) is 13.9. The molecule has 2 fully saturated rings. The van der Waals surface area contributed by atoms with E-state index in [-0.39, 0.29) is 17.7 Å². The van der Waals surface area contributed by atoms with Gasteiger partial charge in [0.1, 0.15) is 0 Å². The van der Waals surface area contributed by atoms with Crippen LogP contribution >= 0.6 is 0 Å². The average Bonchev–Trinajstić information content (AvgIpc) is 2.97. The predicted molar refractivity (Wildman–Crippen MR) is 89.6 cm³/mol. The van der Waals surface area contributed by atoms with Crippen molar-refractivity contribution in [2.24, 2.45) is 5.92 Å². The second-order valence-electron chi connectivity index (χ2n) is 6.92. The van der Waals surface area contributed by atoms with Crippen molar-refractivity contribution in [1.82, 2.24) is 9.80 Å². The summed E-state index contributed by atoms with van der Waals surface area (Å²) < 4.78 is 0. The Labute approximate surface area is 138 Å². The fourth-order valence-corrected chi connectivity index (χ4v) is 3.89. The molecule has 0 unspecified atom stereocenters. The lowest BCUT2D eigenvalue weighted by Crippen LogP contribution is -2.39. The van der Waals surface area contributed by atoms with Gasteiger partial charge in [-0.05, 0) is 18.4 Å². The third-order valence-electron chi connectivity index (χ3n) is 5.16. The van der Waals surface area contributed by atoms with Crippen molar-refractivity contribution < 1.29 is 9.59 Å². The monoisotopic (exact) mass is 314 g/mol. The van der Waals surface area contributed by atoms with Gasteiger partial charge in [0.15, 0.2) is 0 Å². The molecule has 2 aliphatic rings. The van der Waals surface area contributed by atoms with Crippen molar-refractivity contribution in [3.8, 4) is 0 Å². The smallest absolute Gasteiger partial charge is 0.228 e. The van der Waals surface area contributed by atoms with Crippen LogP contribution in [0.25, 0.3) is 0 Å². The molecule has 1 aromatic rings. The number of hydrogen-bond donors (Lipinski definition) is 0. The number of likely N-dealkylation sites (tertiary alicyclic amines) is 1. The maximum absolute atomic E-state index is 12.7. The Morgan fingerprint density at radius 1 is 1.17 bits per heavy atom. The van der Waals surface area contributed by atoms with E-state index >= 15 is 0 Å². The highest BCUT2D eigenvalue weighted by Crippen LogP contribution is 2.29. The molecule has 0 spiro atoms. The van der Waals surface area contributed by atoms with Crippen LogP contribution in [0.1, 0.15) is 44.1 Å². The lowest BCUT2D eigenvalue weighted by molar-refractivity contribution is -0.135. The average molecular weight is 314 g/mol. The normalized spacial score (nSPS) is 22.4. The number of carbonyl (C=O) groups is 2. The zero-order chi connectivity index (χ0) is 16.2. The molecule has 1 saturated carbocycles. The van der Waals surface area contributed by atoms with Gasteiger partial charge in [0.05, 0.1) is 5.92 Å². The standard InChI is InChI=1S/C19H26N2O2/c1-20(13-15-8-4-2-5-9-15)19(23)16-12-18(22)21(14-16)17-10-6-3-7-11-17/h2,4-5,8-9,16-17H,3,6-7,10-14H2,1H3/t16-/m1/s1. The Kier molecular flexibility index (Phi) is 4.99. The second kappa shape index (κ2) is 7.16. The number of hydrogen-bond acceptors (Lipinski definition) is 2. The molecule has 0 bridgehead atoms. The van der Waals surface area contributed by atoms with Crippen molar-refractivity contribution in [2.45, 2.75) is 51.1 Å². The third kappa shape index (κ3) is 3.74. The van der Waals surface area contributed by atoms with E-state index in [2.05, 4.69) is 0 Å². The van der Waals surface area contributed by atoms with Crippen LogP contribution in [0, 0.1) is 5.92 Å². The van der Waals surface area contributed by atoms with Gasteiger partial charge >= 0.3 is 0 Å². The fourth-order valence-electron chi connectivity index (χ4n) is 3.89. The predicted octanol–water partition coefficient (Wildman–Crippen LogP) is 2.83. The van der Waals surface area contributed by atoms with Gasteiger partial charge in [0.25, 0.3) is 0 Å². The molecular formula is C19H26N2O2.